The van der Waals surface area contributed by atoms with Crippen LogP contribution in [0, 0.1) is 0 Å². The molecule has 0 saturated heterocycles. The summed E-state index contributed by atoms with van der Waals surface area (Å²) in [5.41, 5.74) is 2.22. The average Bonchev–Trinajstić information content (AvgIpc) is 2.96. The normalized spacial score (nSPS) is 16.0. The molecule has 1 unspecified atom stereocenters. The van der Waals surface area contributed by atoms with Gasteiger partial charge in [0, 0.05) is 24.1 Å². The molecule has 4 heteroatoms. The fourth-order valence-corrected chi connectivity index (χ4v) is 2.58. The second kappa shape index (κ2) is 5.95. The molecule has 110 valence electrons. The second-order valence-corrected chi connectivity index (χ2v) is 4.99. The Morgan fingerprint density at radius 2 is 2.00 bits per heavy atom. The molecule has 0 aliphatic carbocycles. The van der Waals surface area contributed by atoms with E-state index in [4.69, 9.17) is 14.2 Å². The molecule has 1 aliphatic heterocycles. The second-order valence-electron chi connectivity index (χ2n) is 4.99. The van der Waals surface area contributed by atoms with Crippen molar-refractivity contribution in [2.75, 3.05) is 32.7 Å². The van der Waals surface area contributed by atoms with Gasteiger partial charge in [0.25, 0.3) is 0 Å². The fourth-order valence-electron chi connectivity index (χ4n) is 2.58. The van der Waals surface area contributed by atoms with Crippen LogP contribution < -0.4 is 19.5 Å². The summed E-state index contributed by atoms with van der Waals surface area (Å²) in [5.74, 6) is 2.91. The molecule has 2 aromatic carbocycles. The molecule has 1 aliphatic rings. The quantitative estimate of drug-likeness (QED) is 0.915. The number of hydrogen-bond donors (Lipinski definition) is 1. The third kappa shape index (κ3) is 2.75. The highest BCUT2D eigenvalue weighted by Crippen LogP contribution is 2.35. The smallest absolute Gasteiger partial charge is 0.145 e. The van der Waals surface area contributed by atoms with Crippen molar-refractivity contribution in [2.45, 2.75) is 5.92 Å². The number of benzene rings is 2. The number of methoxy groups -OCH3 is 2. The molecule has 0 radical (unpaired) electrons. The van der Waals surface area contributed by atoms with Gasteiger partial charge in [-0.25, -0.2) is 0 Å². The zero-order valence-corrected chi connectivity index (χ0v) is 12.3. The monoisotopic (exact) mass is 285 g/mol. The van der Waals surface area contributed by atoms with Gasteiger partial charge >= 0.3 is 0 Å². The van der Waals surface area contributed by atoms with Crippen LogP contribution in [0.4, 0.5) is 5.69 Å². The standard InChI is InChI=1S/C17H19NO3/c1-19-13-7-8-15(17(9-13)20-2)18-10-12-11-21-16-6-4-3-5-14(12)16/h3-9,12,18H,10-11H2,1-2H3. The average molecular weight is 285 g/mol. The first kappa shape index (κ1) is 13.6. The molecular weight excluding hydrogens is 266 g/mol. The van der Waals surface area contributed by atoms with Crippen molar-refractivity contribution < 1.29 is 14.2 Å². The van der Waals surface area contributed by atoms with Crippen LogP contribution in [-0.2, 0) is 0 Å². The first-order chi connectivity index (χ1) is 10.3. The number of anilines is 1. The Morgan fingerprint density at radius 3 is 2.81 bits per heavy atom. The summed E-state index contributed by atoms with van der Waals surface area (Å²) in [5, 5.41) is 3.44. The van der Waals surface area contributed by atoms with Crippen LogP contribution in [0.25, 0.3) is 0 Å². The Hall–Kier alpha value is -2.36. The van der Waals surface area contributed by atoms with Crippen molar-refractivity contribution in [3.8, 4) is 17.2 Å². The van der Waals surface area contributed by atoms with Gasteiger partial charge < -0.3 is 19.5 Å². The largest absolute Gasteiger partial charge is 0.497 e. The zero-order chi connectivity index (χ0) is 14.7. The first-order valence-corrected chi connectivity index (χ1v) is 6.99. The van der Waals surface area contributed by atoms with E-state index >= 15 is 0 Å². The molecule has 3 rings (SSSR count). The van der Waals surface area contributed by atoms with Gasteiger partial charge in [0.15, 0.2) is 0 Å². The maximum atomic E-state index is 5.70. The zero-order valence-electron chi connectivity index (χ0n) is 12.3. The van der Waals surface area contributed by atoms with Crippen LogP contribution in [0.15, 0.2) is 42.5 Å². The lowest BCUT2D eigenvalue weighted by molar-refractivity contribution is 0.334. The van der Waals surface area contributed by atoms with E-state index in [1.165, 1.54) is 5.56 Å². The van der Waals surface area contributed by atoms with Gasteiger partial charge in [0.2, 0.25) is 0 Å². The van der Waals surface area contributed by atoms with Crippen LogP contribution in [-0.4, -0.2) is 27.4 Å². The van der Waals surface area contributed by atoms with Crippen molar-refractivity contribution in [3.05, 3.63) is 48.0 Å². The van der Waals surface area contributed by atoms with Crippen LogP contribution in [0.5, 0.6) is 17.2 Å². The number of nitrogens with one attached hydrogen (secondary N) is 1. The molecule has 1 N–H and O–H groups in total. The van der Waals surface area contributed by atoms with Crippen molar-refractivity contribution in [2.24, 2.45) is 0 Å². The number of fused-ring (bicyclic) bond motifs is 1. The first-order valence-electron chi connectivity index (χ1n) is 6.99. The van der Waals surface area contributed by atoms with Crippen molar-refractivity contribution in [1.82, 2.24) is 0 Å². The summed E-state index contributed by atoms with van der Waals surface area (Å²) in [6, 6.07) is 14.0. The Kier molecular flexibility index (Phi) is 3.86. The minimum absolute atomic E-state index is 0.355. The van der Waals surface area contributed by atoms with E-state index < -0.39 is 0 Å². The van der Waals surface area contributed by atoms with Gasteiger partial charge in [-0.1, -0.05) is 18.2 Å². The molecule has 1 heterocycles. The maximum Gasteiger partial charge on any atom is 0.145 e. The molecule has 0 saturated carbocycles. The van der Waals surface area contributed by atoms with Crippen molar-refractivity contribution in [3.63, 3.8) is 0 Å². The maximum absolute atomic E-state index is 5.70. The highest BCUT2D eigenvalue weighted by molar-refractivity contribution is 5.59. The Bertz CT molecular complexity index is 627. The molecule has 0 fully saturated rings. The number of para-hydroxylation sites is 1. The molecule has 21 heavy (non-hydrogen) atoms. The third-order valence-corrected chi connectivity index (χ3v) is 3.75. The highest BCUT2D eigenvalue weighted by Gasteiger charge is 2.23. The van der Waals surface area contributed by atoms with Crippen molar-refractivity contribution >= 4 is 5.69 Å². The van der Waals surface area contributed by atoms with Gasteiger partial charge in [-0.15, -0.1) is 0 Å². The van der Waals surface area contributed by atoms with E-state index in [2.05, 4.69) is 17.4 Å². The summed E-state index contributed by atoms with van der Waals surface area (Å²) in [7, 11) is 3.31. The van der Waals surface area contributed by atoms with Gasteiger partial charge in [0.1, 0.15) is 17.2 Å². The molecule has 0 spiro atoms. The molecule has 2 aromatic rings. The third-order valence-electron chi connectivity index (χ3n) is 3.75. The van der Waals surface area contributed by atoms with Gasteiger partial charge in [-0.2, -0.15) is 0 Å². The van der Waals surface area contributed by atoms with E-state index in [-0.39, 0.29) is 0 Å². The van der Waals surface area contributed by atoms with E-state index in [9.17, 15) is 0 Å². The van der Waals surface area contributed by atoms with E-state index in [1.807, 2.05) is 30.3 Å². The predicted molar refractivity (Wildman–Crippen MR) is 82.7 cm³/mol. The lowest BCUT2D eigenvalue weighted by atomic mass is 10.0. The summed E-state index contributed by atoms with van der Waals surface area (Å²) < 4.78 is 16.3. The van der Waals surface area contributed by atoms with Crippen LogP contribution in [0.1, 0.15) is 11.5 Å². The van der Waals surface area contributed by atoms with Gasteiger partial charge in [-0.3, -0.25) is 0 Å². The number of ether oxygens (including phenoxy) is 3. The van der Waals surface area contributed by atoms with E-state index in [0.717, 1.165) is 29.5 Å². The van der Waals surface area contributed by atoms with Crippen LogP contribution in [0.2, 0.25) is 0 Å². The molecule has 1 atom stereocenters. The van der Waals surface area contributed by atoms with Crippen molar-refractivity contribution in [1.29, 1.82) is 0 Å². The minimum atomic E-state index is 0.355. The van der Waals surface area contributed by atoms with Crippen LogP contribution in [0.3, 0.4) is 0 Å². The fraction of sp³-hybridized carbons (Fsp3) is 0.294. The summed E-state index contributed by atoms with van der Waals surface area (Å²) in [6.45, 7) is 1.52. The number of hydrogen-bond acceptors (Lipinski definition) is 4. The molecular formula is C17H19NO3. The lowest BCUT2D eigenvalue weighted by Gasteiger charge is -2.15. The molecule has 0 aromatic heterocycles. The van der Waals surface area contributed by atoms with Gasteiger partial charge in [-0.05, 0) is 18.2 Å². The summed E-state index contributed by atoms with van der Waals surface area (Å²) >= 11 is 0. The highest BCUT2D eigenvalue weighted by atomic mass is 16.5. The summed E-state index contributed by atoms with van der Waals surface area (Å²) in [6.07, 6.45) is 0. The number of rotatable bonds is 5. The summed E-state index contributed by atoms with van der Waals surface area (Å²) in [4.78, 5) is 0. The van der Waals surface area contributed by atoms with Crippen LogP contribution >= 0.6 is 0 Å². The minimum Gasteiger partial charge on any atom is -0.497 e. The lowest BCUT2D eigenvalue weighted by Crippen LogP contribution is -2.14. The van der Waals surface area contributed by atoms with E-state index in [0.29, 0.717) is 12.5 Å². The predicted octanol–water partition coefficient (Wildman–Crippen LogP) is 3.29. The molecule has 0 amide bonds. The molecule has 4 nitrogen and oxygen atoms in total. The van der Waals surface area contributed by atoms with E-state index in [1.54, 1.807) is 14.2 Å². The molecule has 0 bridgehead atoms. The van der Waals surface area contributed by atoms with Gasteiger partial charge in [0.05, 0.1) is 26.5 Å². The topological polar surface area (TPSA) is 39.7 Å². The Labute approximate surface area is 124 Å². The Balaban J connectivity index is 1.71. The Morgan fingerprint density at radius 1 is 1.14 bits per heavy atom. The SMILES string of the molecule is COc1ccc(NCC2COc3ccccc32)c(OC)c1.